The Bertz CT molecular complexity index is 623. The number of benzene rings is 1. The first kappa shape index (κ1) is 14.0. The maximum Gasteiger partial charge on any atom is 0.328 e. The van der Waals surface area contributed by atoms with Crippen LogP contribution in [0.25, 0.3) is 11.4 Å². The predicted molar refractivity (Wildman–Crippen MR) is 74.0 cm³/mol. The van der Waals surface area contributed by atoms with Gasteiger partial charge in [-0.15, -0.1) is 5.10 Å². The summed E-state index contributed by atoms with van der Waals surface area (Å²) in [6, 6.07) is 4.67. The Morgan fingerprint density at radius 3 is 2.85 bits per heavy atom. The molecule has 7 heteroatoms. The number of rotatable bonds is 5. The van der Waals surface area contributed by atoms with Gasteiger partial charge >= 0.3 is 5.97 Å². The van der Waals surface area contributed by atoms with E-state index >= 15 is 0 Å². The first-order valence-corrected chi connectivity index (χ1v) is 6.41. The molecule has 0 bridgehead atoms. The van der Waals surface area contributed by atoms with Crippen molar-refractivity contribution in [2.45, 2.75) is 32.7 Å². The van der Waals surface area contributed by atoms with Gasteiger partial charge in [0.2, 0.25) is 0 Å². The third kappa shape index (κ3) is 2.61. The smallest absolute Gasteiger partial charge is 0.328 e. The van der Waals surface area contributed by atoms with E-state index in [1.807, 2.05) is 26.0 Å². The molecule has 0 radical (unpaired) electrons. The highest BCUT2D eigenvalue weighted by Crippen LogP contribution is 2.25. The van der Waals surface area contributed by atoms with Crippen molar-refractivity contribution >= 4 is 11.7 Å². The van der Waals surface area contributed by atoms with E-state index in [2.05, 4.69) is 15.5 Å². The molecule has 3 N–H and O–H groups in total. The van der Waals surface area contributed by atoms with Crippen LogP contribution in [0.1, 0.15) is 31.4 Å². The lowest BCUT2D eigenvalue weighted by molar-refractivity contribution is -0.141. The molecule has 106 valence electrons. The number of hydrogen-bond donors (Lipinski definition) is 2. The SMILES string of the molecule is CCCC(C(=O)O)n1nnnc1-c1ccc(C)c(N)c1. The summed E-state index contributed by atoms with van der Waals surface area (Å²) in [7, 11) is 0. The summed E-state index contributed by atoms with van der Waals surface area (Å²) in [4.78, 5) is 11.4. The van der Waals surface area contributed by atoms with Gasteiger partial charge in [-0.05, 0) is 35.4 Å². The van der Waals surface area contributed by atoms with Gasteiger partial charge in [0.05, 0.1) is 0 Å². The number of aromatic nitrogens is 4. The van der Waals surface area contributed by atoms with Crippen molar-refractivity contribution < 1.29 is 9.90 Å². The Morgan fingerprint density at radius 2 is 2.25 bits per heavy atom. The molecule has 1 aromatic heterocycles. The molecule has 0 spiro atoms. The largest absolute Gasteiger partial charge is 0.480 e. The van der Waals surface area contributed by atoms with Crippen molar-refractivity contribution in [1.29, 1.82) is 0 Å². The molecule has 1 heterocycles. The number of nitrogens with zero attached hydrogens (tertiary/aromatic N) is 4. The number of tetrazole rings is 1. The molecule has 2 rings (SSSR count). The summed E-state index contributed by atoms with van der Waals surface area (Å²) >= 11 is 0. The zero-order valence-corrected chi connectivity index (χ0v) is 11.4. The summed E-state index contributed by atoms with van der Waals surface area (Å²) in [5.74, 6) is -0.530. The molecule has 1 unspecified atom stereocenters. The van der Waals surface area contributed by atoms with Crippen LogP contribution < -0.4 is 5.73 Å². The lowest BCUT2D eigenvalue weighted by Gasteiger charge is -2.13. The highest BCUT2D eigenvalue weighted by atomic mass is 16.4. The van der Waals surface area contributed by atoms with E-state index in [0.717, 1.165) is 12.0 Å². The quantitative estimate of drug-likeness (QED) is 0.803. The molecule has 20 heavy (non-hydrogen) atoms. The molecule has 2 aromatic rings. The fourth-order valence-corrected chi connectivity index (χ4v) is 2.00. The molecule has 1 atom stereocenters. The third-order valence-electron chi connectivity index (χ3n) is 3.17. The van der Waals surface area contributed by atoms with Crippen LogP contribution in [-0.2, 0) is 4.79 Å². The Morgan fingerprint density at radius 1 is 1.50 bits per heavy atom. The average Bonchev–Trinajstić information content (AvgIpc) is 2.87. The van der Waals surface area contributed by atoms with Crippen LogP contribution in [0.4, 0.5) is 5.69 Å². The molecule has 0 saturated heterocycles. The van der Waals surface area contributed by atoms with Crippen molar-refractivity contribution in [3.8, 4) is 11.4 Å². The van der Waals surface area contributed by atoms with Crippen LogP contribution in [0.3, 0.4) is 0 Å². The molecule has 0 aliphatic rings. The van der Waals surface area contributed by atoms with Crippen molar-refractivity contribution in [3.05, 3.63) is 23.8 Å². The Labute approximate surface area is 116 Å². The average molecular weight is 275 g/mol. The predicted octanol–water partition coefficient (Wildman–Crippen LogP) is 1.66. The number of carboxylic acids is 1. The Hall–Kier alpha value is -2.44. The fourth-order valence-electron chi connectivity index (χ4n) is 2.00. The number of aryl methyl sites for hydroxylation is 1. The maximum atomic E-state index is 11.4. The standard InChI is InChI=1S/C13H17N5O2/c1-3-4-11(13(19)20)18-12(15-16-17-18)9-6-5-8(2)10(14)7-9/h5-7,11H,3-4,14H2,1-2H3,(H,19,20). The Balaban J connectivity index is 2.46. The molecule has 0 aliphatic carbocycles. The van der Waals surface area contributed by atoms with E-state index in [1.54, 1.807) is 6.07 Å². The van der Waals surface area contributed by atoms with Crippen LogP contribution in [-0.4, -0.2) is 31.3 Å². The molecule has 7 nitrogen and oxygen atoms in total. The molecule has 0 amide bonds. The third-order valence-corrected chi connectivity index (χ3v) is 3.17. The summed E-state index contributed by atoms with van der Waals surface area (Å²) in [6.07, 6.45) is 1.20. The normalized spacial score (nSPS) is 12.3. The zero-order valence-electron chi connectivity index (χ0n) is 11.4. The van der Waals surface area contributed by atoms with Gasteiger partial charge in [-0.3, -0.25) is 0 Å². The van der Waals surface area contributed by atoms with Gasteiger partial charge in [0.25, 0.3) is 0 Å². The van der Waals surface area contributed by atoms with Crippen molar-refractivity contribution in [2.75, 3.05) is 5.73 Å². The monoisotopic (exact) mass is 275 g/mol. The summed E-state index contributed by atoms with van der Waals surface area (Å²) in [5, 5.41) is 20.6. The van der Waals surface area contributed by atoms with Crippen LogP contribution in [0.5, 0.6) is 0 Å². The van der Waals surface area contributed by atoms with Crippen LogP contribution in [0.15, 0.2) is 18.2 Å². The molecular formula is C13H17N5O2. The lowest BCUT2D eigenvalue weighted by Crippen LogP contribution is -2.21. The van der Waals surface area contributed by atoms with E-state index < -0.39 is 12.0 Å². The van der Waals surface area contributed by atoms with E-state index in [1.165, 1.54) is 4.68 Å². The van der Waals surface area contributed by atoms with Crippen molar-refractivity contribution in [3.63, 3.8) is 0 Å². The highest BCUT2D eigenvalue weighted by Gasteiger charge is 2.24. The summed E-state index contributed by atoms with van der Waals surface area (Å²) in [5.41, 5.74) is 8.17. The lowest BCUT2D eigenvalue weighted by atomic mass is 10.1. The van der Waals surface area contributed by atoms with E-state index in [-0.39, 0.29) is 0 Å². The number of hydrogen-bond acceptors (Lipinski definition) is 5. The number of carboxylic acid groups (broad SMARTS) is 1. The van der Waals surface area contributed by atoms with Crippen LogP contribution in [0.2, 0.25) is 0 Å². The summed E-state index contributed by atoms with van der Waals surface area (Å²) < 4.78 is 1.34. The minimum atomic E-state index is -0.944. The topological polar surface area (TPSA) is 107 Å². The maximum absolute atomic E-state index is 11.4. The molecule has 0 fully saturated rings. The van der Waals surface area contributed by atoms with Gasteiger partial charge in [-0.1, -0.05) is 25.5 Å². The number of aliphatic carboxylic acids is 1. The van der Waals surface area contributed by atoms with Gasteiger partial charge in [-0.25, -0.2) is 9.48 Å². The molecule has 1 aromatic carbocycles. The molecular weight excluding hydrogens is 258 g/mol. The molecule has 0 aliphatic heterocycles. The highest BCUT2D eigenvalue weighted by molar-refractivity contribution is 5.73. The van der Waals surface area contributed by atoms with E-state index in [4.69, 9.17) is 5.73 Å². The van der Waals surface area contributed by atoms with Crippen molar-refractivity contribution in [1.82, 2.24) is 20.2 Å². The first-order chi connectivity index (χ1) is 9.54. The van der Waals surface area contributed by atoms with Gasteiger partial charge in [0, 0.05) is 11.3 Å². The minimum absolute atomic E-state index is 0.414. The van der Waals surface area contributed by atoms with E-state index in [0.29, 0.717) is 23.5 Å². The van der Waals surface area contributed by atoms with E-state index in [9.17, 15) is 9.90 Å². The zero-order chi connectivity index (χ0) is 14.7. The second-order valence-corrected chi connectivity index (χ2v) is 4.66. The van der Waals surface area contributed by atoms with Crippen LogP contribution in [0, 0.1) is 6.92 Å². The van der Waals surface area contributed by atoms with Crippen LogP contribution >= 0.6 is 0 Å². The second kappa shape index (κ2) is 5.68. The fraction of sp³-hybridized carbons (Fsp3) is 0.385. The minimum Gasteiger partial charge on any atom is -0.480 e. The number of nitrogen functional groups attached to an aromatic ring is 1. The van der Waals surface area contributed by atoms with Crippen molar-refractivity contribution in [2.24, 2.45) is 0 Å². The Kier molecular flexibility index (Phi) is 3.97. The van der Waals surface area contributed by atoms with Gasteiger partial charge in [0.1, 0.15) is 0 Å². The number of anilines is 1. The molecule has 0 saturated carbocycles. The first-order valence-electron chi connectivity index (χ1n) is 6.41. The number of carbonyl (C=O) groups is 1. The second-order valence-electron chi connectivity index (χ2n) is 4.66. The van der Waals surface area contributed by atoms with Gasteiger partial charge in [-0.2, -0.15) is 0 Å². The number of nitrogens with two attached hydrogens (primary N) is 1. The van der Waals surface area contributed by atoms with Gasteiger partial charge < -0.3 is 10.8 Å². The van der Waals surface area contributed by atoms with Gasteiger partial charge in [0.15, 0.2) is 11.9 Å². The summed E-state index contributed by atoms with van der Waals surface area (Å²) in [6.45, 7) is 3.82.